The number of nitrogens with one attached hydrogen (secondary N) is 1. The number of hydrogen-bond acceptors (Lipinski definition) is 3. The lowest BCUT2D eigenvalue weighted by molar-refractivity contribution is 0.278. The monoisotopic (exact) mass is 271 g/mol. The fraction of sp³-hybridized carbons (Fsp3) is 0.538. The van der Waals surface area contributed by atoms with Crippen molar-refractivity contribution in [2.45, 2.75) is 44.7 Å². The number of sulfonamides is 1. The highest BCUT2D eigenvalue weighted by atomic mass is 32.2. The van der Waals surface area contributed by atoms with E-state index in [0.29, 0.717) is 5.56 Å². The second-order valence-electron chi connectivity index (χ2n) is 4.56. The van der Waals surface area contributed by atoms with Crippen LogP contribution in [0.25, 0.3) is 0 Å². The van der Waals surface area contributed by atoms with Crippen molar-refractivity contribution in [2.75, 3.05) is 0 Å². The zero-order chi connectivity index (χ0) is 13.8. The highest BCUT2D eigenvalue weighted by Crippen LogP contribution is 2.17. The third-order valence-corrected chi connectivity index (χ3v) is 4.93. The van der Waals surface area contributed by atoms with Crippen LogP contribution < -0.4 is 4.72 Å². The fourth-order valence-electron chi connectivity index (χ4n) is 1.67. The van der Waals surface area contributed by atoms with Gasteiger partial charge in [0.25, 0.3) is 0 Å². The van der Waals surface area contributed by atoms with Crippen LogP contribution in [0.3, 0.4) is 0 Å². The minimum atomic E-state index is -3.57. The first kappa shape index (κ1) is 15.1. The average molecular weight is 271 g/mol. The molecule has 0 saturated heterocycles. The van der Waals surface area contributed by atoms with E-state index in [1.165, 1.54) is 6.07 Å². The van der Waals surface area contributed by atoms with Gasteiger partial charge in [-0.05, 0) is 24.5 Å². The van der Waals surface area contributed by atoms with Gasteiger partial charge in [0, 0.05) is 6.04 Å². The average Bonchev–Trinajstić information content (AvgIpc) is 2.37. The van der Waals surface area contributed by atoms with Crippen LogP contribution in [0.15, 0.2) is 29.2 Å². The summed E-state index contributed by atoms with van der Waals surface area (Å²) in [5, 5.41) is 9.18. The lowest BCUT2D eigenvalue weighted by Gasteiger charge is -2.20. The predicted octanol–water partition coefficient (Wildman–Crippen LogP) is 1.89. The van der Waals surface area contributed by atoms with Crippen LogP contribution in [0.4, 0.5) is 0 Å². The standard InChI is InChI=1S/C13H21NO3S/c1-4-10(2)11(3)14-18(16,17)13-8-6-5-7-12(13)9-15/h5-8,10-11,14-15H,4,9H2,1-3H3. The maximum Gasteiger partial charge on any atom is 0.241 e. The summed E-state index contributed by atoms with van der Waals surface area (Å²) in [6.45, 7) is 5.60. The Bertz CT molecular complexity index is 485. The molecule has 2 unspecified atom stereocenters. The van der Waals surface area contributed by atoms with Crippen LogP contribution in [0.1, 0.15) is 32.8 Å². The molecule has 0 radical (unpaired) electrons. The van der Waals surface area contributed by atoms with Gasteiger partial charge in [0.2, 0.25) is 10.0 Å². The molecule has 0 amide bonds. The number of aliphatic hydroxyl groups excluding tert-OH is 1. The largest absolute Gasteiger partial charge is 0.392 e. The van der Waals surface area contributed by atoms with Crippen molar-refractivity contribution in [3.05, 3.63) is 29.8 Å². The van der Waals surface area contributed by atoms with Gasteiger partial charge in [-0.2, -0.15) is 0 Å². The molecule has 0 fully saturated rings. The van der Waals surface area contributed by atoms with Gasteiger partial charge in [0.15, 0.2) is 0 Å². The molecule has 2 N–H and O–H groups in total. The molecule has 0 aliphatic heterocycles. The molecule has 1 rings (SSSR count). The molecule has 0 aliphatic carbocycles. The Morgan fingerprint density at radius 3 is 2.44 bits per heavy atom. The van der Waals surface area contributed by atoms with Crippen molar-refractivity contribution < 1.29 is 13.5 Å². The summed E-state index contributed by atoms with van der Waals surface area (Å²) in [4.78, 5) is 0.155. The quantitative estimate of drug-likeness (QED) is 0.830. The Balaban J connectivity index is 3.00. The van der Waals surface area contributed by atoms with E-state index in [9.17, 15) is 13.5 Å². The van der Waals surface area contributed by atoms with E-state index in [0.717, 1.165) is 6.42 Å². The SMILES string of the molecule is CCC(C)C(C)NS(=O)(=O)c1ccccc1CO. The van der Waals surface area contributed by atoms with Gasteiger partial charge in [-0.15, -0.1) is 0 Å². The van der Waals surface area contributed by atoms with E-state index in [-0.39, 0.29) is 23.5 Å². The highest BCUT2D eigenvalue weighted by molar-refractivity contribution is 7.89. The molecule has 0 bridgehead atoms. The normalized spacial score (nSPS) is 15.3. The zero-order valence-electron chi connectivity index (χ0n) is 11.1. The predicted molar refractivity (Wildman–Crippen MR) is 71.6 cm³/mol. The first-order chi connectivity index (χ1) is 8.42. The first-order valence-corrected chi connectivity index (χ1v) is 7.61. The molecule has 1 aromatic rings. The summed E-state index contributed by atoms with van der Waals surface area (Å²) in [6, 6.07) is 6.36. The maximum absolute atomic E-state index is 12.2. The molecule has 102 valence electrons. The Kier molecular flexibility index (Phi) is 5.31. The third kappa shape index (κ3) is 3.54. The lowest BCUT2D eigenvalue weighted by Crippen LogP contribution is -2.37. The molecule has 18 heavy (non-hydrogen) atoms. The summed E-state index contributed by atoms with van der Waals surface area (Å²) >= 11 is 0. The van der Waals surface area contributed by atoms with Crippen molar-refractivity contribution in [1.82, 2.24) is 4.72 Å². The molecule has 5 heteroatoms. The molecule has 4 nitrogen and oxygen atoms in total. The number of aliphatic hydroxyl groups is 1. The van der Waals surface area contributed by atoms with Crippen molar-refractivity contribution in [2.24, 2.45) is 5.92 Å². The number of benzene rings is 1. The molecule has 0 spiro atoms. The van der Waals surface area contributed by atoms with E-state index in [2.05, 4.69) is 4.72 Å². The second-order valence-corrected chi connectivity index (χ2v) is 6.24. The van der Waals surface area contributed by atoms with Crippen molar-refractivity contribution in [3.8, 4) is 0 Å². The number of rotatable bonds is 6. The van der Waals surface area contributed by atoms with Crippen LogP contribution >= 0.6 is 0 Å². The molecule has 0 aromatic heterocycles. The van der Waals surface area contributed by atoms with Gasteiger partial charge >= 0.3 is 0 Å². The molecule has 1 aromatic carbocycles. The van der Waals surface area contributed by atoms with Gasteiger partial charge in [0.1, 0.15) is 0 Å². The summed E-state index contributed by atoms with van der Waals surface area (Å²) < 4.78 is 27.1. The van der Waals surface area contributed by atoms with E-state index in [1.54, 1.807) is 18.2 Å². The summed E-state index contributed by atoms with van der Waals surface area (Å²) in [7, 11) is -3.57. The Morgan fingerprint density at radius 1 is 1.28 bits per heavy atom. The minimum Gasteiger partial charge on any atom is -0.392 e. The third-order valence-electron chi connectivity index (χ3n) is 3.27. The van der Waals surface area contributed by atoms with Crippen LogP contribution in [-0.2, 0) is 16.6 Å². The molecule has 0 heterocycles. The first-order valence-electron chi connectivity index (χ1n) is 6.13. The molecular formula is C13H21NO3S. The van der Waals surface area contributed by atoms with Gasteiger partial charge in [-0.3, -0.25) is 0 Å². The van der Waals surface area contributed by atoms with E-state index >= 15 is 0 Å². The van der Waals surface area contributed by atoms with E-state index in [4.69, 9.17) is 0 Å². The number of hydrogen-bond donors (Lipinski definition) is 2. The van der Waals surface area contributed by atoms with Crippen molar-refractivity contribution >= 4 is 10.0 Å². The maximum atomic E-state index is 12.2. The molecule has 0 saturated carbocycles. The van der Waals surface area contributed by atoms with Crippen molar-refractivity contribution in [3.63, 3.8) is 0 Å². The Labute approximate surface area is 109 Å². The van der Waals surface area contributed by atoms with Gasteiger partial charge < -0.3 is 5.11 Å². The molecule has 2 atom stereocenters. The van der Waals surface area contributed by atoms with Crippen LogP contribution in [0.5, 0.6) is 0 Å². The van der Waals surface area contributed by atoms with Crippen LogP contribution in [-0.4, -0.2) is 19.6 Å². The summed E-state index contributed by atoms with van der Waals surface area (Å²) in [5.74, 6) is 0.265. The lowest BCUT2D eigenvalue weighted by atomic mass is 10.0. The Morgan fingerprint density at radius 2 is 1.89 bits per heavy atom. The highest BCUT2D eigenvalue weighted by Gasteiger charge is 2.22. The topological polar surface area (TPSA) is 66.4 Å². The van der Waals surface area contributed by atoms with Gasteiger partial charge in [0.05, 0.1) is 11.5 Å². The molecule has 0 aliphatic rings. The summed E-state index contributed by atoms with van der Waals surface area (Å²) in [6.07, 6.45) is 0.908. The zero-order valence-corrected chi connectivity index (χ0v) is 11.9. The van der Waals surface area contributed by atoms with Crippen molar-refractivity contribution in [1.29, 1.82) is 0 Å². The van der Waals surface area contributed by atoms with E-state index in [1.807, 2.05) is 20.8 Å². The Hall–Kier alpha value is -0.910. The van der Waals surface area contributed by atoms with E-state index < -0.39 is 10.0 Å². The minimum absolute atomic E-state index is 0.133. The van der Waals surface area contributed by atoms with Crippen LogP contribution in [0.2, 0.25) is 0 Å². The van der Waals surface area contributed by atoms with Gasteiger partial charge in [-0.1, -0.05) is 38.5 Å². The smallest absolute Gasteiger partial charge is 0.241 e. The molecular weight excluding hydrogens is 250 g/mol. The second kappa shape index (κ2) is 6.31. The van der Waals surface area contributed by atoms with Gasteiger partial charge in [-0.25, -0.2) is 13.1 Å². The fourth-order valence-corrected chi connectivity index (χ4v) is 3.26. The van der Waals surface area contributed by atoms with Crippen LogP contribution in [0, 0.1) is 5.92 Å². The summed E-state index contributed by atoms with van der Waals surface area (Å²) in [5.41, 5.74) is 0.418.